The maximum absolute atomic E-state index is 3.55. The van der Waals surface area contributed by atoms with Crippen LogP contribution < -0.4 is 5.32 Å². The van der Waals surface area contributed by atoms with E-state index in [4.69, 9.17) is 0 Å². The van der Waals surface area contributed by atoms with Crippen LogP contribution in [0.1, 0.15) is 32.4 Å². The van der Waals surface area contributed by atoms with Gasteiger partial charge in [0.05, 0.1) is 0 Å². The molecule has 0 aromatic carbocycles. The zero-order valence-electron chi connectivity index (χ0n) is 11.9. The van der Waals surface area contributed by atoms with Crippen molar-refractivity contribution in [1.82, 2.24) is 14.8 Å². The highest BCUT2D eigenvalue weighted by molar-refractivity contribution is 5.16. The molecule has 1 rings (SSSR count). The summed E-state index contributed by atoms with van der Waals surface area (Å²) in [6.45, 7) is 9.87. The van der Waals surface area contributed by atoms with Gasteiger partial charge >= 0.3 is 0 Å². The van der Waals surface area contributed by atoms with Gasteiger partial charge in [-0.3, -0.25) is 0 Å². The molecule has 0 aliphatic heterocycles. The minimum absolute atomic E-state index is 0.473. The van der Waals surface area contributed by atoms with Crippen molar-refractivity contribution in [3.8, 4) is 0 Å². The van der Waals surface area contributed by atoms with Crippen molar-refractivity contribution in [3.05, 3.63) is 24.0 Å². The second-order valence-electron chi connectivity index (χ2n) is 5.27. The van der Waals surface area contributed by atoms with Crippen molar-refractivity contribution < 1.29 is 0 Å². The molecule has 0 radical (unpaired) electrons. The molecule has 17 heavy (non-hydrogen) atoms. The molecule has 0 bridgehead atoms. The van der Waals surface area contributed by atoms with Crippen LogP contribution in [-0.4, -0.2) is 36.7 Å². The first kappa shape index (κ1) is 14.3. The van der Waals surface area contributed by atoms with E-state index in [2.05, 4.69) is 68.1 Å². The monoisotopic (exact) mass is 237 g/mol. The Bertz CT molecular complexity index is 315. The van der Waals surface area contributed by atoms with Gasteiger partial charge in [0.25, 0.3) is 0 Å². The first-order valence-electron chi connectivity index (χ1n) is 6.58. The highest BCUT2D eigenvalue weighted by Gasteiger charge is 2.15. The average molecular weight is 237 g/mol. The Morgan fingerprint density at radius 1 is 1.35 bits per heavy atom. The number of nitrogens with one attached hydrogen (secondary N) is 1. The van der Waals surface area contributed by atoms with Gasteiger partial charge in [0.1, 0.15) is 0 Å². The molecule has 0 aliphatic rings. The van der Waals surface area contributed by atoms with Crippen LogP contribution >= 0.6 is 0 Å². The lowest BCUT2D eigenvalue weighted by Crippen LogP contribution is -2.25. The molecule has 0 amide bonds. The van der Waals surface area contributed by atoms with E-state index in [1.54, 1.807) is 0 Å². The summed E-state index contributed by atoms with van der Waals surface area (Å²) in [5, 5.41) is 3.55. The van der Waals surface area contributed by atoms with Crippen LogP contribution in [-0.2, 0) is 6.54 Å². The normalized spacial score (nSPS) is 13.6. The van der Waals surface area contributed by atoms with Crippen LogP contribution in [0.2, 0.25) is 0 Å². The lowest BCUT2D eigenvalue weighted by Gasteiger charge is -2.20. The molecular formula is C14H27N3. The fraction of sp³-hybridized carbons (Fsp3) is 0.714. The van der Waals surface area contributed by atoms with Gasteiger partial charge in [0, 0.05) is 31.5 Å². The van der Waals surface area contributed by atoms with Crippen LogP contribution in [0.3, 0.4) is 0 Å². The second kappa shape index (κ2) is 6.82. The number of aromatic nitrogens is 1. The van der Waals surface area contributed by atoms with Crippen LogP contribution in [0.25, 0.3) is 0 Å². The second-order valence-corrected chi connectivity index (χ2v) is 5.27. The van der Waals surface area contributed by atoms with Gasteiger partial charge in [-0.25, -0.2) is 0 Å². The molecule has 1 N–H and O–H groups in total. The summed E-state index contributed by atoms with van der Waals surface area (Å²) in [7, 11) is 4.22. The van der Waals surface area contributed by atoms with Crippen LogP contribution in [0.4, 0.5) is 0 Å². The molecule has 0 saturated carbocycles. The molecule has 3 nitrogen and oxygen atoms in total. The third-order valence-corrected chi connectivity index (χ3v) is 3.03. The maximum Gasteiger partial charge on any atom is 0.0358 e. The van der Waals surface area contributed by atoms with Crippen LogP contribution in [0.5, 0.6) is 0 Å². The molecule has 1 unspecified atom stereocenters. The van der Waals surface area contributed by atoms with Gasteiger partial charge in [-0.15, -0.1) is 0 Å². The Morgan fingerprint density at radius 3 is 2.59 bits per heavy atom. The summed E-state index contributed by atoms with van der Waals surface area (Å²) in [6, 6.07) is 2.71. The molecule has 0 fully saturated rings. The maximum atomic E-state index is 3.55. The Labute approximate surface area is 106 Å². The van der Waals surface area contributed by atoms with Gasteiger partial charge in [-0.2, -0.15) is 0 Å². The average Bonchev–Trinajstić information content (AvgIpc) is 2.71. The molecule has 1 heterocycles. The molecule has 0 aliphatic carbocycles. The first-order chi connectivity index (χ1) is 8.04. The molecule has 0 saturated heterocycles. The Kier molecular flexibility index (Phi) is 5.72. The number of likely N-dealkylation sites (N-methyl/N-ethyl adjacent to an activating group) is 1. The molecule has 1 atom stereocenters. The van der Waals surface area contributed by atoms with Gasteiger partial charge in [-0.05, 0) is 38.2 Å². The van der Waals surface area contributed by atoms with Crippen molar-refractivity contribution in [1.29, 1.82) is 0 Å². The van der Waals surface area contributed by atoms with E-state index in [1.165, 1.54) is 5.56 Å². The minimum Gasteiger partial charge on any atom is -0.353 e. The van der Waals surface area contributed by atoms with E-state index in [9.17, 15) is 0 Å². The summed E-state index contributed by atoms with van der Waals surface area (Å²) >= 11 is 0. The lowest BCUT2D eigenvalue weighted by atomic mass is 9.98. The van der Waals surface area contributed by atoms with Crippen LogP contribution in [0, 0.1) is 5.92 Å². The van der Waals surface area contributed by atoms with Gasteiger partial charge in [0.15, 0.2) is 0 Å². The molecule has 98 valence electrons. The fourth-order valence-electron chi connectivity index (χ4n) is 2.06. The van der Waals surface area contributed by atoms with Gasteiger partial charge < -0.3 is 14.8 Å². The molecule has 3 heteroatoms. The highest BCUT2D eigenvalue weighted by Crippen LogP contribution is 2.21. The van der Waals surface area contributed by atoms with E-state index >= 15 is 0 Å². The predicted molar refractivity (Wildman–Crippen MR) is 74.2 cm³/mol. The number of hydrogen-bond acceptors (Lipinski definition) is 2. The lowest BCUT2D eigenvalue weighted by molar-refractivity contribution is 0.383. The summed E-state index contributed by atoms with van der Waals surface area (Å²) in [5.74, 6) is 0.625. The standard InChI is InChI=1S/C14H27N3/c1-6-15-14(12(2)3)13-7-8-17(11-13)10-9-16(4)5/h7-8,11-12,14-15H,6,9-10H2,1-5H3. The summed E-state index contributed by atoms with van der Waals surface area (Å²) in [4.78, 5) is 2.21. The highest BCUT2D eigenvalue weighted by atomic mass is 15.1. The van der Waals surface area contributed by atoms with E-state index in [0.29, 0.717) is 12.0 Å². The summed E-state index contributed by atoms with van der Waals surface area (Å²) < 4.78 is 2.28. The molecule has 1 aromatic heterocycles. The first-order valence-corrected chi connectivity index (χ1v) is 6.58. The van der Waals surface area contributed by atoms with Crippen LogP contribution in [0.15, 0.2) is 18.5 Å². The third-order valence-electron chi connectivity index (χ3n) is 3.03. The third kappa shape index (κ3) is 4.52. The number of rotatable bonds is 7. The Morgan fingerprint density at radius 2 is 2.06 bits per heavy atom. The quantitative estimate of drug-likeness (QED) is 0.785. The summed E-state index contributed by atoms with van der Waals surface area (Å²) in [5.41, 5.74) is 1.40. The fourth-order valence-corrected chi connectivity index (χ4v) is 2.06. The van der Waals surface area contributed by atoms with Crippen molar-refractivity contribution in [2.75, 3.05) is 27.2 Å². The topological polar surface area (TPSA) is 20.2 Å². The predicted octanol–water partition coefficient (Wildman–Crippen LogP) is 2.36. The molecule has 0 spiro atoms. The zero-order valence-corrected chi connectivity index (χ0v) is 11.9. The zero-order chi connectivity index (χ0) is 12.8. The van der Waals surface area contributed by atoms with Gasteiger partial charge in [0.2, 0.25) is 0 Å². The van der Waals surface area contributed by atoms with Crippen molar-refractivity contribution in [3.63, 3.8) is 0 Å². The molecule has 1 aromatic rings. The summed E-state index contributed by atoms with van der Waals surface area (Å²) in [6.07, 6.45) is 4.46. The van der Waals surface area contributed by atoms with Crippen molar-refractivity contribution in [2.45, 2.75) is 33.4 Å². The van der Waals surface area contributed by atoms with E-state index < -0.39 is 0 Å². The smallest absolute Gasteiger partial charge is 0.0358 e. The Balaban J connectivity index is 2.64. The number of nitrogens with zero attached hydrogens (tertiary/aromatic N) is 2. The largest absolute Gasteiger partial charge is 0.353 e. The number of hydrogen-bond donors (Lipinski definition) is 1. The van der Waals surface area contributed by atoms with E-state index in [1.807, 2.05) is 0 Å². The van der Waals surface area contributed by atoms with Crippen molar-refractivity contribution in [2.24, 2.45) is 5.92 Å². The van der Waals surface area contributed by atoms with Gasteiger partial charge in [-0.1, -0.05) is 20.8 Å². The van der Waals surface area contributed by atoms with E-state index in [0.717, 1.165) is 19.6 Å². The van der Waals surface area contributed by atoms with Crippen molar-refractivity contribution >= 4 is 0 Å². The van der Waals surface area contributed by atoms with E-state index in [-0.39, 0.29) is 0 Å². The minimum atomic E-state index is 0.473. The molecular weight excluding hydrogens is 210 g/mol. The Hall–Kier alpha value is -0.800. The SMILES string of the molecule is CCNC(c1ccn(CCN(C)C)c1)C(C)C.